The van der Waals surface area contributed by atoms with E-state index in [4.69, 9.17) is 10.8 Å². The van der Waals surface area contributed by atoms with Crippen molar-refractivity contribution in [2.75, 3.05) is 0 Å². The van der Waals surface area contributed by atoms with Crippen LogP contribution in [-0.4, -0.2) is 11.5 Å². The average Bonchev–Trinajstić information content (AvgIpc) is 2.08. The molecule has 1 aromatic carbocycles. The molecule has 4 heteroatoms. The van der Waals surface area contributed by atoms with Crippen LogP contribution in [0.1, 0.15) is 17.2 Å². The first-order chi connectivity index (χ1) is 6.02. The summed E-state index contributed by atoms with van der Waals surface area (Å²) in [6, 6.07) is 2.96. The number of halogens is 2. The largest absolute Gasteiger partial charge is 0.508 e. The molecule has 13 heavy (non-hydrogen) atoms. The third kappa shape index (κ3) is 2.15. The van der Waals surface area contributed by atoms with Gasteiger partial charge in [-0.1, -0.05) is 12.1 Å². The molecule has 0 bridgehead atoms. The number of phenolic OH excluding ortho intramolecular Hbond substituents is 1. The van der Waals surface area contributed by atoms with Crippen LogP contribution in [0.15, 0.2) is 18.2 Å². The minimum Gasteiger partial charge on any atom is -0.508 e. The minimum absolute atomic E-state index is 0.0882. The summed E-state index contributed by atoms with van der Waals surface area (Å²) < 4.78 is 24.3. The third-order valence-corrected chi connectivity index (χ3v) is 1.88. The average molecular weight is 187 g/mol. The number of hydrogen-bond acceptors (Lipinski definition) is 2. The van der Waals surface area contributed by atoms with Crippen LogP contribution in [0.5, 0.6) is 5.75 Å². The molecule has 72 valence electrons. The van der Waals surface area contributed by atoms with Gasteiger partial charge in [-0.05, 0) is 24.1 Å². The summed E-state index contributed by atoms with van der Waals surface area (Å²) in [4.78, 5) is 0. The summed E-state index contributed by atoms with van der Waals surface area (Å²) in [6.07, 6.45) is -2.58. The molecule has 0 fully saturated rings. The van der Waals surface area contributed by atoms with Gasteiger partial charge in [-0.25, -0.2) is 8.78 Å². The van der Waals surface area contributed by atoms with E-state index in [0.29, 0.717) is 11.1 Å². The van der Waals surface area contributed by atoms with Crippen LogP contribution in [0.4, 0.5) is 8.78 Å². The lowest BCUT2D eigenvalue weighted by atomic mass is 10.1. The summed E-state index contributed by atoms with van der Waals surface area (Å²) in [5.74, 6) is 0.0882. The molecule has 0 aliphatic carbocycles. The molecule has 1 atom stereocenters. The molecule has 0 heterocycles. The molecular weight excluding hydrogens is 176 g/mol. The molecule has 0 spiro atoms. The Morgan fingerprint density at radius 2 is 2.00 bits per heavy atom. The Labute approximate surface area is 75.0 Å². The number of aryl methyl sites for hydroxylation is 1. The summed E-state index contributed by atoms with van der Waals surface area (Å²) in [6.45, 7) is 1.64. The van der Waals surface area contributed by atoms with Crippen LogP contribution >= 0.6 is 0 Å². The number of nitrogens with two attached hydrogens (primary N) is 1. The second-order valence-electron chi connectivity index (χ2n) is 2.91. The normalized spacial score (nSPS) is 13.3. The zero-order valence-electron chi connectivity index (χ0n) is 7.17. The van der Waals surface area contributed by atoms with Gasteiger partial charge in [-0.3, -0.25) is 0 Å². The summed E-state index contributed by atoms with van der Waals surface area (Å²) in [5.41, 5.74) is 6.11. The van der Waals surface area contributed by atoms with Crippen molar-refractivity contribution in [1.29, 1.82) is 0 Å². The summed E-state index contributed by atoms with van der Waals surface area (Å²) in [5, 5.41) is 9.14. The fourth-order valence-corrected chi connectivity index (χ4v) is 1.03. The topological polar surface area (TPSA) is 46.2 Å². The first-order valence-electron chi connectivity index (χ1n) is 3.85. The molecule has 0 saturated carbocycles. The maximum absolute atomic E-state index is 12.2. The maximum atomic E-state index is 12.2. The molecule has 0 aliphatic heterocycles. The maximum Gasteiger partial charge on any atom is 0.257 e. The van der Waals surface area contributed by atoms with Gasteiger partial charge in [-0.15, -0.1) is 0 Å². The van der Waals surface area contributed by atoms with E-state index >= 15 is 0 Å². The Morgan fingerprint density at radius 3 is 2.46 bits per heavy atom. The molecular formula is C9H11F2NO. The zero-order chi connectivity index (χ0) is 10.0. The van der Waals surface area contributed by atoms with Crippen LogP contribution in [0.25, 0.3) is 0 Å². The minimum atomic E-state index is -2.58. The van der Waals surface area contributed by atoms with Crippen LogP contribution in [0, 0.1) is 6.92 Å². The lowest BCUT2D eigenvalue weighted by Gasteiger charge is -2.11. The molecule has 0 radical (unpaired) electrons. The van der Waals surface area contributed by atoms with Gasteiger partial charge < -0.3 is 10.8 Å². The molecule has 0 aromatic heterocycles. The fraction of sp³-hybridized carbons (Fsp3) is 0.333. The van der Waals surface area contributed by atoms with Crippen molar-refractivity contribution in [3.8, 4) is 5.75 Å². The summed E-state index contributed by atoms with van der Waals surface area (Å²) in [7, 11) is 0. The predicted octanol–water partition coefficient (Wildman–Crippen LogP) is 1.97. The number of aromatic hydroxyl groups is 1. The first-order valence-corrected chi connectivity index (χ1v) is 3.85. The highest BCUT2D eigenvalue weighted by Crippen LogP contribution is 2.23. The zero-order valence-corrected chi connectivity index (χ0v) is 7.17. The van der Waals surface area contributed by atoms with Crippen LogP contribution in [-0.2, 0) is 0 Å². The van der Waals surface area contributed by atoms with Crippen LogP contribution in [0.2, 0.25) is 0 Å². The lowest BCUT2D eigenvalue weighted by Crippen LogP contribution is -2.18. The predicted molar refractivity (Wildman–Crippen MR) is 45.8 cm³/mol. The standard InChI is InChI=1S/C9H11F2NO/c1-5-4-6(2-3-7(5)13)8(12)9(10)11/h2-4,8-9,13H,12H2,1H3/t8-/m1/s1. The molecule has 0 saturated heterocycles. The van der Waals surface area contributed by atoms with Crippen molar-refractivity contribution in [1.82, 2.24) is 0 Å². The van der Waals surface area contributed by atoms with Gasteiger partial charge in [0.15, 0.2) is 0 Å². The van der Waals surface area contributed by atoms with E-state index in [1.54, 1.807) is 6.92 Å². The Balaban J connectivity index is 2.97. The first kappa shape index (κ1) is 9.92. The van der Waals surface area contributed by atoms with Gasteiger partial charge in [0.2, 0.25) is 0 Å². The Morgan fingerprint density at radius 1 is 1.38 bits per heavy atom. The third-order valence-electron chi connectivity index (χ3n) is 1.88. The van der Waals surface area contributed by atoms with Crippen molar-refractivity contribution >= 4 is 0 Å². The van der Waals surface area contributed by atoms with E-state index in [-0.39, 0.29) is 5.75 Å². The van der Waals surface area contributed by atoms with Crippen molar-refractivity contribution in [2.45, 2.75) is 19.4 Å². The molecule has 2 nitrogen and oxygen atoms in total. The fourth-order valence-electron chi connectivity index (χ4n) is 1.03. The molecule has 0 unspecified atom stereocenters. The number of phenols is 1. The van der Waals surface area contributed by atoms with Gasteiger partial charge in [-0.2, -0.15) is 0 Å². The van der Waals surface area contributed by atoms with E-state index in [1.807, 2.05) is 0 Å². The van der Waals surface area contributed by atoms with Crippen molar-refractivity contribution < 1.29 is 13.9 Å². The molecule has 0 amide bonds. The number of alkyl halides is 2. The summed E-state index contributed by atoms with van der Waals surface area (Å²) >= 11 is 0. The number of rotatable bonds is 2. The van der Waals surface area contributed by atoms with Gasteiger partial charge in [0.05, 0.1) is 6.04 Å². The van der Waals surface area contributed by atoms with Gasteiger partial charge >= 0.3 is 0 Å². The van der Waals surface area contributed by atoms with E-state index in [9.17, 15) is 8.78 Å². The van der Waals surface area contributed by atoms with Gasteiger partial charge in [0, 0.05) is 0 Å². The highest BCUT2D eigenvalue weighted by Gasteiger charge is 2.17. The Bertz CT molecular complexity index is 302. The highest BCUT2D eigenvalue weighted by atomic mass is 19.3. The van der Waals surface area contributed by atoms with Crippen molar-refractivity contribution in [3.63, 3.8) is 0 Å². The molecule has 1 aromatic rings. The van der Waals surface area contributed by atoms with E-state index in [0.717, 1.165) is 0 Å². The van der Waals surface area contributed by atoms with E-state index in [2.05, 4.69) is 0 Å². The Hall–Kier alpha value is -1.16. The van der Waals surface area contributed by atoms with E-state index < -0.39 is 12.5 Å². The Kier molecular flexibility index (Phi) is 2.83. The molecule has 0 aliphatic rings. The van der Waals surface area contributed by atoms with Gasteiger partial charge in [0.25, 0.3) is 6.43 Å². The van der Waals surface area contributed by atoms with E-state index in [1.165, 1.54) is 18.2 Å². The number of hydrogen-bond donors (Lipinski definition) is 2. The monoisotopic (exact) mass is 187 g/mol. The molecule has 1 rings (SSSR count). The van der Waals surface area contributed by atoms with Crippen LogP contribution in [0.3, 0.4) is 0 Å². The molecule has 3 N–H and O–H groups in total. The quantitative estimate of drug-likeness (QED) is 0.743. The SMILES string of the molecule is Cc1cc([C@@H](N)C(F)F)ccc1O. The second-order valence-corrected chi connectivity index (χ2v) is 2.91. The lowest BCUT2D eigenvalue weighted by molar-refractivity contribution is 0.116. The van der Waals surface area contributed by atoms with Gasteiger partial charge in [0.1, 0.15) is 5.75 Å². The van der Waals surface area contributed by atoms with Crippen molar-refractivity contribution in [3.05, 3.63) is 29.3 Å². The highest BCUT2D eigenvalue weighted by molar-refractivity contribution is 5.36. The van der Waals surface area contributed by atoms with Crippen molar-refractivity contribution in [2.24, 2.45) is 5.73 Å². The second kappa shape index (κ2) is 3.70. The number of benzene rings is 1. The van der Waals surface area contributed by atoms with Crippen LogP contribution < -0.4 is 5.73 Å². The smallest absolute Gasteiger partial charge is 0.257 e.